The summed E-state index contributed by atoms with van der Waals surface area (Å²) in [4.78, 5) is 17.7. The van der Waals surface area contributed by atoms with E-state index >= 15 is 0 Å². The summed E-state index contributed by atoms with van der Waals surface area (Å²) in [5, 5.41) is 9.03. The second-order valence-electron chi connectivity index (χ2n) is 4.31. The molecule has 0 saturated carbocycles. The van der Waals surface area contributed by atoms with Gasteiger partial charge in [-0.2, -0.15) is 5.43 Å². The quantitative estimate of drug-likeness (QED) is 0.460. The second-order valence-corrected chi connectivity index (χ2v) is 4.31. The average Bonchev–Trinajstić information content (AvgIpc) is 2.52. The molecule has 6 heteroatoms. The zero-order valence-electron chi connectivity index (χ0n) is 9.19. The zero-order chi connectivity index (χ0) is 11.5. The number of nitrogens with one attached hydrogen (secondary N) is 2. The standard InChI is InChI=1S/C9H16N4O2/c1-13(2,3)12-8(9(14)15)4-7-5-10-6-11-7/h5-6,8,12H,4H2,1-3H3,(H-,10,11,14,15)/p+1/t8-/m0/s1. The van der Waals surface area contributed by atoms with E-state index in [0.717, 1.165) is 5.69 Å². The maximum atomic E-state index is 11.0. The van der Waals surface area contributed by atoms with Crippen LogP contribution in [0, 0.1) is 0 Å². The maximum absolute atomic E-state index is 11.0. The Balaban J connectivity index is 2.63. The minimum Gasteiger partial charge on any atom is -0.480 e. The van der Waals surface area contributed by atoms with Gasteiger partial charge in [0.05, 0.1) is 27.5 Å². The Bertz CT molecular complexity index is 315. The first-order chi connectivity index (χ1) is 6.88. The molecular weight excluding hydrogens is 196 g/mol. The lowest BCUT2D eigenvalue weighted by atomic mass is 10.2. The lowest BCUT2D eigenvalue weighted by Gasteiger charge is -2.27. The molecule has 0 aliphatic heterocycles. The minimum absolute atomic E-state index is 0.394. The van der Waals surface area contributed by atoms with Gasteiger partial charge in [0.2, 0.25) is 0 Å². The van der Waals surface area contributed by atoms with E-state index in [9.17, 15) is 4.79 Å². The van der Waals surface area contributed by atoms with Crippen molar-refractivity contribution in [3.8, 4) is 0 Å². The van der Waals surface area contributed by atoms with Crippen molar-refractivity contribution in [2.45, 2.75) is 12.5 Å². The second kappa shape index (κ2) is 4.41. The van der Waals surface area contributed by atoms with Crippen LogP contribution >= 0.6 is 0 Å². The first-order valence-electron chi connectivity index (χ1n) is 4.68. The van der Waals surface area contributed by atoms with Crippen LogP contribution in [0.4, 0.5) is 0 Å². The topological polar surface area (TPSA) is 78.0 Å². The number of carbonyl (C=O) groups is 1. The van der Waals surface area contributed by atoms with E-state index in [4.69, 9.17) is 5.11 Å². The summed E-state index contributed by atoms with van der Waals surface area (Å²) < 4.78 is 0.394. The van der Waals surface area contributed by atoms with Crippen LogP contribution in [0.2, 0.25) is 0 Å². The first-order valence-corrected chi connectivity index (χ1v) is 4.68. The number of imidazole rings is 1. The highest BCUT2D eigenvalue weighted by molar-refractivity contribution is 5.73. The van der Waals surface area contributed by atoms with Gasteiger partial charge in [-0.25, -0.2) is 4.98 Å². The van der Waals surface area contributed by atoms with Crippen molar-refractivity contribution >= 4 is 5.97 Å². The van der Waals surface area contributed by atoms with Crippen LogP contribution in [0.5, 0.6) is 0 Å². The molecule has 3 N–H and O–H groups in total. The Labute approximate surface area is 88.5 Å². The summed E-state index contributed by atoms with van der Waals surface area (Å²) in [6.07, 6.45) is 3.57. The molecule has 0 unspecified atom stereocenters. The minimum atomic E-state index is -0.863. The number of hydrogen-bond donors (Lipinski definition) is 3. The number of carboxylic acids is 1. The van der Waals surface area contributed by atoms with Crippen LogP contribution in [0.15, 0.2) is 12.5 Å². The molecule has 1 heterocycles. The molecule has 0 spiro atoms. The Morgan fingerprint density at radius 1 is 1.67 bits per heavy atom. The predicted molar refractivity (Wildman–Crippen MR) is 54.9 cm³/mol. The molecule has 1 aromatic rings. The van der Waals surface area contributed by atoms with Gasteiger partial charge in [0.25, 0.3) is 0 Å². The van der Waals surface area contributed by atoms with E-state index in [1.165, 1.54) is 0 Å². The molecule has 0 aliphatic rings. The Morgan fingerprint density at radius 2 is 2.33 bits per heavy atom. The normalized spacial score (nSPS) is 13.8. The van der Waals surface area contributed by atoms with Gasteiger partial charge in [0, 0.05) is 18.3 Å². The molecule has 0 radical (unpaired) electrons. The van der Waals surface area contributed by atoms with Crippen molar-refractivity contribution in [3.63, 3.8) is 0 Å². The van der Waals surface area contributed by atoms with Gasteiger partial charge in [-0.3, -0.25) is 9.39 Å². The van der Waals surface area contributed by atoms with E-state index in [2.05, 4.69) is 15.4 Å². The number of aliphatic carboxylic acids is 1. The highest BCUT2D eigenvalue weighted by atomic mass is 16.4. The number of carboxylic acid groups (broad SMARTS) is 1. The van der Waals surface area contributed by atoms with Crippen molar-refractivity contribution in [2.75, 3.05) is 21.1 Å². The van der Waals surface area contributed by atoms with Gasteiger partial charge in [-0.15, -0.1) is 0 Å². The molecular formula is C9H17N4O2+. The molecule has 0 amide bonds. The van der Waals surface area contributed by atoms with Crippen molar-refractivity contribution in [3.05, 3.63) is 18.2 Å². The fourth-order valence-corrected chi connectivity index (χ4v) is 1.27. The molecule has 0 saturated heterocycles. The summed E-state index contributed by atoms with van der Waals surface area (Å²) in [5.74, 6) is -0.863. The fraction of sp³-hybridized carbons (Fsp3) is 0.556. The van der Waals surface area contributed by atoms with Crippen LogP contribution in [0.3, 0.4) is 0 Å². The van der Waals surface area contributed by atoms with E-state index in [0.29, 0.717) is 11.0 Å². The predicted octanol–water partition coefficient (Wildman–Crippen LogP) is -0.384. The number of rotatable bonds is 5. The molecule has 1 rings (SSSR count). The number of aromatic amines is 1. The molecule has 1 aromatic heterocycles. The first kappa shape index (κ1) is 11.7. The van der Waals surface area contributed by atoms with Gasteiger partial charge in [0.1, 0.15) is 0 Å². The van der Waals surface area contributed by atoms with Gasteiger partial charge < -0.3 is 10.1 Å². The third-order valence-electron chi connectivity index (χ3n) is 1.82. The van der Waals surface area contributed by atoms with E-state index in [1.807, 2.05) is 21.1 Å². The van der Waals surface area contributed by atoms with E-state index < -0.39 is 12.0 Å². The summed E-state index contributed by atoms with van der Waals surface area (Å²) >= 11 is 0. The monoisotopic (exact) mass is 213 g/mol. The molecule has 84 valence electrons. The number of quaternary nitrogens is 1. The smallest absolute Gasteiger partial charge is 0.326 e. The summed E-state index contributed by atoms with van der Waals surface area (Å²) in [6, 6.07) is -0.620. The van der Waals surface area contributed by atoms with Gasteiger partial charge >= 0.3 is 5.97 Å². The Hall–Kier alpha value is -1.40. The highest BCUT2D eigenvalue weighted by Crippen LogP contribution is 2.00. The zero-order valence-corrected chi connectivity index (χ0v) is 9.19. The molecule has 15 heavy (non-hydrogen) atoms. The summed E-state index contributed by atoms with van der Waals surface area (Å²) in [7, 11) is 5.63. The molecule has 0 aromatic carbocycles. The molecule has 0 bridgehead atoms. The molecule has 6 nitrogen and oxygen atoms in total. The van der Waals surface area contributed by atoms with Crippen LogP contribution in [0.1, 0.15) is 5.69 Å². The SMILES string of the molecule is C[N+](C)(C)N[C@@H](Cc1cnc[nH]1)C(=O)O. The van der Waals surface area contributed by atoms with Crippen LogP contribution in [-0.4, -0.2) is 52.8 Å². The average molecular weight is 213 g/mol. The molecule has 0 fully saturated rings. The van der Waals surface area contributed by atoms with Gasteiger partial charge in [0.15, 0.2) is 6.04 Å². The number of nitrogens with zero attached hydrogens (tertiary/aromatic N) is 2. The molecule has 1 atom stereocenters. The van der Waals surface area contributed by atoms with E-state index in [-0.39, 0.29) is 0 Å². The number of hydrogen-bond acceptors (Lipinski definition) is 3. The van der Waals surface area contributed by atoms with Crippen LogP contribution in [-0.2, 0) is 11.2 Å². The maximum Gasteiger partial charge on any atom is 0.326 e. The van der Waals surface area contributed by atoms with Crippen molar-refractivity contribution in [2.24, 2.45) is 0 Å². The highest BCUT2D eigenvalue weighted by Gasteiger charge is 2.24. The summed E-state index contributed by atoms with van der Waals surface area (Å²) in [5.41, 5.74) is 3.79. The van der Waals surface area contributed by atoms with Gasteiger partial charge in [-0.1, -0.05) is 0 Å². The Kier molecular flexibility index (Phi) is 3.43. The lowest BCUT2D eigenvalue weighted by Crippen LogP contribution is -2.56. The molecule has 0 aliphatic carbocycles. The van der Waals surface area contributed by atoms with E-state index in [1.54, 1.807) is 12.5 Å². The van der Waals surface area contributed by atoms with Crippen molar-refractivity contribution in [1.29, 1.82) is 0 Å². The summed E-state index contributed by atoms with van der Waals surface area (Å²) in [6.45, 7) is 0. The van der Waals surface area contributed by atoms with Crippen LogP contribution < -0.4 is 5.43 Å². The van der Waals surface area contributed by atoms with Crippen molar-refractivity contribution in [1.82, 2.24) is 15.4 Å². The fourth-order valence-electron chi connectivity index (χ4n) is 1.27. The number of aromatic nitrogens is 2. The number of H-pyrrole nitrogens is 1. The Morgan fingerprint density at radius 3 is 2.73 bits per heavy atom. The lowest BCUT2D eigenvalue weighted by molar-refractivity contribution is -0.917. The van der Waals surface area contributed by atoms with Crippen LogP contribution in [0.25, 0.3) is 0 Å². The third-order valence-corrected chi connectivity index (χ3v) is 1.82. The largest absolute Gasteiger partial charge is 0.480 e. The van der Waals surface area contributed by atoms with Gasteiger partial charge in [-0.05, 0) is 0 Å². The van der Waals surface area contributed by atoms with Crippen molar-refractivity contribution < 1.29 is 14.5 Å². The third kappa shape index (κ3) is 4.09.